The molecule has 0 saturated carbocycles. The van der Waals surface area contributed by atoms with Gasteiger partial charge in [-0.1, -0.05) is 13.8 Å². The van der Waals surface area contributed by atoms with Gasteiger partial charge in [-0.15, -0.1) is 0 Å². The fourth-order valence-corrected chi connectivity index (χ4v) is 2.49. The highest BCUT2D eigenvalue weighted by Gasteiger charge is 2.16. The quantitative estimate of drug-likeness (QED) is 0.737. The van der Waals surface area contributed by atoms with Gasteiger partial charge in [-0.3, -0.25) is 0 Å². The fourth-order valence-electron chi connectivity index (χ4n) is 2.49. The molecule has 9 nitrogen and oxygen atoms in total. The Morgan fingerprint density at radius 3 is 2.38 bits per heavy atom. The van der Waals surface area contributed by atoms with Gasteiger partial charge in [-0.25, -0.2) is 15.0 Å². The number of imidazole rings is 1. The van der Waals surface area contributed by atoms with E-state index < -0.39 is 0 Å². The van der Waals surface area contributed by atoms with E-state index in [2.05, 4.69) is 19.9 Å². The number of hydrogen-bond donors (Lipinski definition) is 1. The number of nitrogens with zero attached hydrogens (tertiary/aromatic N) is 5. The number of nitrogen functional groups attached to an aromatic ring is 1. The monoisotopic (exact) mass is 360 g/mol. The summed E-state index contributed by atoms with van der Waals surface area (Å²) in [7, 11) is 4.62. The number of aryl methyl sites for hydroxylation is 1. The third kappa shape index (κ3) is 3.61. The minimum absolute atomic E-state index is 0.208. The van der Waals surface area contributed by atoms with E-state index in [0.717, 1.165) is 5.69 Å². The Morgan fingerprint density at radius 1 is 1.04 bits per heavy atom. The molecule has 0 radical (unpaired) electrons. The van der Waals surface area contributed by atoms with Crippen LogP contribution in [0.4, 0.5) is 5.95 Å². The molecule has 3 aromatic rings. The number of nitrogens with two attached hydrogens (primary N) is 1. The van der Waals surface area contributed by atoms with Crippen LogP contribution in [0.3, 0.4) is 0 Å². The zero-order chi connectivity index (χ0) is 19.3. The van der Waals surface area contributed by atoms with Crippen molar-refractivity contribution in [1.82, 2.24) is 24.5 Å². The number of methoxy groups -OCH3 is 3. The highest BCUT2D eigenvalue weighted by atomic mass is 16.5. The SMILES string of the molecule is CC.COc1cc(Cn2cnc3c(C)nc(N)nc32)nc(OC)c1OC. The lowest BCUT2D eigenvalue weighted by molar-refractivity contribution is 0.314. The molecular weight excluding hydrogens is 336 g/mol. The predicted octanol–water partition coefficient (Wildman–Crippen LogP) is 2.21. The maximum absolute atomic E-state index is 5.74. The normalized spacial score (nSPS) is 10.2. The summed E-state index contributed by atoms with van der Waals surface area (Å²) in [6, 6.07) is 1.78. The minimum Gasteiger partial charge on any atom is -0.493 e. The second kappa shape index (κ2) is 8.32. The van der Waals surface area contributed by atoms with Crippen molar-refractivity contribution < 1.29 is 14.2 Å². The molecule has 2 N–H and O–H groups in total. The highest BCUT2D eigenvalue weighted by Crippen LogP contribution is 2.36. The third-order valence-electron chi connectivity index (χ3n) is 3.57. The van der Waals surface area contributed by atoms with Crippen LogP contribution < -0.4 is 19.9 Å². The predicted molar refractivity (Wildman–Crippen MR) is 98.8 cm³/mol. The van der Waals surface area contributed by atoms with Crippen LogP contribution in [0.25, 0.3) is 11.2 Å². The van der Waals surface area contributed by atoms with Crippen molar-refractivity contribution in [3.05, 3.63) is 23.8 Å². The second-order valence-electron chi connectivity index (χ2n) is 5.07. The lowest BCUT2D eigenvalue weighted by Crippen LogP contribution is -2.06. The van der Waals surface area contributed by atoms with Crippen LogP contribution in [0.2, 0.25) is 0 Å². The Kier molecular flexibility index (Phi) is 6.16. The van der Waals surface area contributed by atoms with Crippen molar-refractivity contribution >= 4 is 17.1 Å². The molecule has 0 amide bonds. The summed E-state index contributed by atoms with van der Waals surface area (Å²) in [5, 5.41) is 0. The van der Waals surface area contributed by atoms with E-state index in [1.165, 1.54) is 14.2 Å². The van der Waals surface area contributed by atoms with Gasteiger partial charge in [0.15, 0.2) is 11.4 Å². The molecule has 0 unspecified atom stereocenters. The maximum Gasteiger partial charge on any atom is 0.261 e. The van der Waals surface area contributed by atoms with E-state index in [9.17, 15) is 0 Å². The van der Waals surface area contributed by atoms with E-state index in [1.807, 2.05) is 25.3 Å². The van der Waals surface area contributed by atoms with E-state index in [0.29, 0.717) is 40.8 Å². The van der Waals surface area contributed by atoms with Crippen molar-refractivity contribution in [1.29, 1.82) is 0 Å². The van der Waals surface area contributed by atoms with E-state index >= 15 is 0 Å². The Balaban J connectivity index is 0.00000117. The first-order valence-corrected chi connectivity index (χ1v) is 8.18. The summed E-state index contributed by atoms with van der Waals surface area (Å²) in [6.07, 6.45) is 1.68. The number of pyridine rings is 1. The van der Waals surface area contributed by atoms with Gasteiger partial charge < -0.3 is 24.5 Å². The van der Waals surface area contributed by atoms with Crippen LogP contribution >= 0.6 is 0 Å². The molecule has 0 aliphatic carbocycles. The van der Waals surface area contributed by atoms with Crippen LogP contribution in [0.5, 0.6) is 17.4 Å². The van der Waals surface area contributed by atoms with Crippen molar-refractivity contribution in [3.8, 4) is 17.4 Å². The molecule has 0 aliphatic heterocycles. The molecule has 0 aromatic carbocycles. The fraction of sp³-hybridized carbons (Fsp3) is 0.412. The molecule has 0 bridgehead atoms. The number of hydrogen-bond acceptors (Lipinski definition) is 8. The van der Waals surface area contributed by atoms with Crippen LogP contribution in [-0.2, 0) is 6.54 Å². The Morgan fingerprint density at radius 2 is 1.77 bits per heavy atom. The molecule has 3 heterocycles. The van der Waals surface area contributed by atoms with Crippen molar-refractivity contribution in [2.45, 2.75) is 27.3 Å². The molecule has 3 aromatic heterocycles. The second-order valence-corrected chi connectivity index (χ2v) is 5.07. The van der Waals surface area contributed by atoms with Gasteiger partial charge in [-0.2, -0.15) is 4.98 Å². The number of rotatable bonds is 5. The average Bonchev–Trinajstić information content (AvgIpc) is 3.05. The molecule has 0 aliphatic rings. The summed E-state index contributed by atoms with van der Waals surface area (Å²) >= 11 is 0. The summed E-state index contributed by atoms with van der Waals surface area (Å²) in [5.41, 5.74) is 8.53. The number of aromatic nitrogens is 5. The standard InChI is InChI=1S/C15H18N6O3.C2H6/c1-8-11-13(20-15(16)18-8)21(7-17-11)6-9-5-10(22-2)12(23-3)14(19-9)24-4;1-2/h5,7H,6H2,1-4H3,(H2,16,18,20);1-2H3. The van der Waals surface area contributed by atoms with Crippen LogP contribution in [0.1, 0.15) is 25.2 Å². The first-order valence-electron chi connectivity index (χ1n) is 8.18. The van der Waals surface area contributed by atoms with Crippen molar-refractivity contribution in [2.24, 2.45) is 0 Å². The minimum atomic E-state index is 0.208. The number of anilines is 1. The first-order chi connectivity index (χ1) is 12.6. The van der Waals surface area contributed by atoms with Crippen LogP contribution in [-0.4, -0.2) is 45.8 Å². The topological polar surface area (TPSA) is 110 Å². The summed E-state index contributed by atoms with van der Waals surface area (Å²) in [4.78, 5) is 17.2. The zero-order valence-corrected chi connectivity index (χ0v) is 15.9. The van der Waals surface area contributed by atoms with Gasteiger partial charge in [0, 0.05) is 6.07 Å². The molecule has 0 spiro atoms. The lowest BCUT2D eigenvalue weighted by Gasteiger charge is -2.13. The van der Waals surface area contributed by atoms with Crippen molar-refractivity contribution in [3.63, 3.8) is 0 Å². The molecule has 3 rings (SSSR count). The molecule has 0 saturated heterocycles. The van der Waals surface area contributed by atoms with E-state index in [-0.39, 0.29) is 5.95 Å². The van der Waals surface area contributed by atoms with Gasteiger partial charge >= 0.3 is 0 Å². The highest BCUT2D eigenvalue weighted by molar-refractivity contribution is 5.74. The Bertz CT molecular complexity index is 869. The number of fused-ring (bicyclic) bond motifs is 1. The van der Waals surface area contributed by atoms with E-state index in [4.69, 9.17) is 19.9 Å². The first kappa shape index (κ1) is 19.2. The molecule has 9 heteroatoms. The summed E-state index contributed by atoms with van der Waals surface area (Å²) in [5.74, 6) is 1.54. The van der Waals surface area contributed by atoms with Crippen molar-refractivity contribution in [2.75, 3.05) is 27.1 Å². The third-order valence-corrected chi connectivity index (χ3v) is 3.57. The Labute approximate surface area is 152 Å². The molecule has 0 fully saturated rings. The largest absolute Gasteiger partial charge is 0.493 e. The smallest absolute Gasteiger partial charge is 0.261 e. The molecule has 140 valence electrons. The average molecular weight is 360 g/mol. The van der Waals surface area contributed by atoms with E-state index in [1.54, 1.807) is 19.5 Å². The van der Waals surface area contributed by atoms with Crippen LogP contribution in [0.15, 0.2) is 12.4 Å². The van der Waals surface area contributed by atoms with Gasteiger partial charge in [0.1, 0.15) is 5.52 Å². The summed E-state index contributed by atoms with van der Waals surface area (Å²) in [6.45, 7) is 6.26. The Hall–Kier alpha value is -3.10. The van der Waals surface area contributed by atoms with Crippen LogP contribution in [0, 0.1) is 6.92 Å². The molecule has 26 heavy (non-hydrogen) atoms. The zero-order valence-electron chi connectivity index (χ0n) is 15.9. The van der Waals surface area contributed by atoms with Gasteiger partial charge in [0.05, 0.1) is 45.6 Å². The molecule has 0 atom stereocenters. The molecular formula is C17H24N6O3. The summed E-state index contributed by atoms with van der Waals surface area (Å²) < 4.78 is 17.7. The number of ether oxygens (including phenoxy) is 3. The van der Waals surface area contributed by atoms with Gasteiger partial charge in [0.2, 0.25) is 11.7 Å². The lowest BCUT2D eigenvalue weighted by atomic mass is 10.3. The van der Waals surface area contributed by atoms with Gasteiger partial charge in [0.25, 0.3) is 5.88 Å². The van der Waals surface area contributed by atoms with Gasteiger partial charge in [-0.05, 0) is 6.92 Å². The maximum atomic E-state index is 5.74.